The molecule has 0 saturated heterocycles. The quantitative estimate of drug-likeness (QED) is 0.720. The second-order valence-corrected chi connectivity index (χ2v) is 3.33. The van der Waals surface area contributed by atoms with Gasteiger partial charge in [-0.05, 0) is 25.0 Å². The highest BCUT2D eigenvalue weighted by molar-refractivity contribution is 5.59. The predicted molar refractivity (Wildman–Crippen MR) is 60.8 cm³/mol. The lowest BCUT2D eigenvalue weighted by atomic mass is 10.2. The monoisotopic (exact) mass is 208 g/mol. The molecule has 1 rings (SSSR count). The van der Waals surface area contributed by atoms with Crippen LogP contribution in [0.3, 0.4) is 0 Å². The Balaban J connectivity index is 2.71. The molecule has 0 saturated carbocycles. The summed E-state index contributed by atoms with van der Waals surface area (Å²) in [6.07, 6.45) is 1.89. The van der Waals surface area contributed by atoms with Gasteiger partial charge in [0.1, 0.15) is 17.2 Å². The van der Waals surface area contributed by atoms with Crippen LogP contribution in [0, 0.1) is 0 Å². The largest absolute Gasteiger partial charge is 0.491 e. The highest BCUT2D eigenvalue weighted by atomic mass is 16.5. The van der Waals surface area contributed by atoms with E-state index in [-0.39, 0.29) is 0 Å². The SMILES string of the molecule is CCCOc1cccc(OCCC)c1[NH]. The van der Waals surface area contributed by atoms with Gasteiger partial charge < -0.3 is 9.47 Å². The minimum atomic E-state index is 0.347. The van der Waals surface area contributed by atoms with Crippen LogP contribution >= 0.6 is 0 Å². The van der Waals surface area contributed by atoms with Crippen molar-refractivity contribution < 1.29 is 9.47 Å². The molecule has 0 fully saturated rings. The average Bonchev–Trinajstić information content (AvgIpc) is 2.26. The Kier molecular flexibility index (Phi) is 4.81. The molecule has 3 nitrogen and oxygen atoms in total. The van der Waals surface area contributed by atoms with E-state index in [0.717, 1.165) is 12.8 Å². The second kappa shape index (κ2) is 6.17. The highest BCUT2D eigenvalue weighted by Gasteiger charge is 2.06. The molecule has 0 atom stereocenters. The molecule has 1 radical (unpaired) electrons. The zero-order valence-electron chi connectivity index (χ0n) is 9.38. The fraction of sp³-hybridized carbons (Fsp3) is 0.500. The van der Waals surface area contributed by atoms with Crippen LogP contribution < -0.4 is 15.2 Å². The molecule has 15 heavy (non-hydrogen) atoms. The molecule has 1 aromatic rings. The Morgan fingerprint density at radius 3 is 1.87 bits per heavy atom. The molecule has 0 unspecified atom stereocenters. The Morgan fingerprint density at radius 2 is 1.47 bits per heavy atom. The van der Waals surface area contributed by atoms with Crippen molar-refractivity contribution in [2.24, 2.45) is 0 Å². The maximum atomic E-state index is 7.85. The summed E-state index contributed by atoms with van der Waals surface area (Å²) in [5.41, 5.74) is 8.20. The van der Waals surface area contributed by atoms with E-state index in [9.17, 15) is 0 Å². The van der Waals surface area contributed by atoms with Crippen LogP contribution in [-0.4, -0.2) is 13.2 Å². The summed E-state index contributed by atoms with van der Waals surface area (Å²) in [5.74, 6) is 1.20. The van der Waals surface area contributed by atoms with Gasteiger partial charge in [0.15, 0.2) is 0 Å². The van der Waals surface area contributed by atoms with Crippen LogP contribution in [0.25, 0.3) is 0 Å². The van der Waals surface area contributed by atoms with Gasteiger partial charge in [-0.25, -0.2) is 0 Å². The van der Waals surface area contributed by atoms with Gasteiger partial charge in [0.25, 0.3) is 0 Å². The Morgan fingerprint density at radius 1 is 1.00 bits per heavy atom. The molecular formula is C12H18NO2. The molecule has 83 valence electrons. The molecule has 0 aliphatic carbocycles. The predicted octanol–water partition coefficient (Wildman–Crippen LogP) is 3.18. The minimum Gasteiger partial charge on any atom is -0.491 e. The van der Waals surface area contributed by atoms with Crippen LogP contribution in [0.2, 0.25) is 0 Å². The van der Waals surface area contributed by atoms with E-state index in [2.05, 4.69) is 0 Å². The molecule has 1 N–H and O–H groups in total. The van der Waals surface area contributed by atoms with E-state index < -0.39 is 0 Å². The van der Waals surface area contributed by atoms with Gasteiger partial charge in [0.05, 0.1) is 13.2 Å². The molecule has 1 aromatic carbocycles. The zero-order chi connectivity index (χ0) is 11.1. The number of benzene rings is 1. The molecule has 3 heteroatoms. The van der Waals surface area contributed by atoms with Gasteiger partial charge in [-0.2, -0.15) is 0 Å². The van der Waals surface area contributed by atoms with Crippen molar-refractivity contribution in [2.75, 3.05) is 13.2 Å². The summed E-state index contributed by atoms with van der Waals surface area (Å²) in [6, 6.07) is 5.46. The third-order valence-electron chi connectivity index (χ3n) is 1.91. The third kappa shape index (κ3) is 3.35. The number of hydrogen-bond donors (Lipinski definition) is 0. The van der Waals surface area contributed by atoms with Gasteiger partial charge in [0.2, 0.25) is 0 Å². The van der Waals surface area contributed by atoms with Gasteiger partial charge in [0, 0.05) is 0 Å². The lowest BCUT2D eigenvalue weighted by Crippen LogP contribution is -1.99. The summed E-state index contributed by atoms with van der Waals surface area (Å²) in [7, 11) is 0. The first-order valence-electron chi connectivity index (χ1n) is 5.39. The third-order valence-corrected chi connectivity index (χ3v) is 1.91. The average molecular weight is 208 g/mol. The Bertz CT molecular complexity index is 273. The van der Waals surface area contributed by atoms with E-state index in [1.807, 2.05) is 19.9 Å². The van der Waals surface area contributed by atoms with Crippen molar-refractivity contribution in [3.8, 4) is 11.5 Å². The van der Waals surface area contributed by atoms with E-state index in [4.69, 9.17) is 15.2 Å². The molecule has 0 aromatic heterocycles. The van der Waals surface area contributed by atoms with Gasteiger partial charge in [-0.3, -0.25) is 5.73 Å². The lowest BCUT2D eigenvalue weighted by molar-refractivity contribution is 0.303. The van der Waals surface area contributed by atoms with Crippen molar-refractivity contribution in [3.05, 3.63) is 18.2 Å². The number of rotatable bonds is 6. The normalized spacial score (nSPS) is 10.0. The molecule has 0 heterocycles. The summed E-state index contributed by atoms with van der Waals surface area (Å²) < 4.78 is 10.9. The fourth-order valence-electron chi connectivity index (χ4n) is 1.18. The second-order valence-electron chi connectivity index (χ2n) is 3.33. The van der Waals surface area contributed by atoms with Crippen molar-refractivity contribution in [3.63, 3.8) is 0 Å². The first-order chi connectivity index (χ1) is 7.29. The van der Waals surface area contributed by atoms with Crippen LogP contribution in [-0.2, 0) is 0 Å². The zero-order valence-corrected chi connectivity index (χ0v) is 9.38. The first kappa shape index (κ1) is 11.7. The summed E-state index contributed by atoms with van der Waals surface area (Å²) >= 11 is 0. The maximum absolute atomic E-state index is 7.85. The van der Waals surface area contributed by atoms with Crippen LogP contribution in [0.1, 0.15) is 26.7 Å². The van der Waals surface area contributed by atoms with Crippen LogP contribution in [0.4, 0.5) is 5.69 Å². The molecule has 0 bridgehead atoms. The topological polar surface area (TPSA) is 42.3 Å². The summed E-state index contributed by atoms with van der Waals surface area (Å²) in [5, 5.41) is 0. The molecule has 0 aliphatic heterocycles. The Hall–Kier alpha value is -1.38. The van der Waals surface area contributed by atoms with Crippen molar-refractivity contribution in [2.45, 2.75) is 26.7 Å². The lowest BCUT2D eigenvalue weighted by Gasteiger charge is -2.11. The highest BCUT2D eigenvalue weighted by Crippen LogP contribution is 2.32. The van der Waals surface area contributed by atoms with Crippen LogP contribution in [0.5, 0.6) is 11.5 Å². The molecule has 0 spiro atoms. The van der Waals surface area contributed by atoms with E-state index >= 15 is 0 Å². The van der Waals surface area contributed by atoms with E-state index in [1.54, 1.807) is 12.1 Å². The molecule has 0 amide bonds. The summed E-state index contributed by atoms with van der Waals surface area (Å²) in [6.45, 7) is 5.37. The molecule has 0 aliphatic rings. The van der Waals surface area contributed by atoms with Gasteiger partial charge in [-0.1, -0.05) is 19.9 Å². The maximum Gasteiger partial charge on any atom is 0.148 e. The van der Waals surface area contributed by atoms with Crippen molar-refractivity contribution in [1.29, 1.82) is 0 Å². The molecular weight excluding hydrogens is 190 g/mol. The number of ether oxygens (including phenoxy) is 2. The smallest absolute Gasteiger partial charge is 0.148 e. The van der Waals surface area contributed by atoms with E-state index in [1.165, 1.54) is 0 Å². The van der Waals surface area contributed by atoms with Gasteiger partial charge >= 0.3 is 0 Å². The number of nitrogens with one attached hydrogen (secondary N) is 1. The fourth-order valence-corrected chi connectivity index (χ4v) is 1.18. The standard InChI is InChI=1S/C12H18NO2/c1-3-8-14-10-6-5-7-11(12(10)13)15-9-4-2/h5-7,13H,3-4,8-9H2,1-2H3. The first-order valence-corrected chi connectivity index (χ1v) is 5.39. The Labute approximate surface area is 91.2 Å². The van der Waals surface area contributed by atoms with Crippen molar-refractivity contribution >= 4 is 5.69 Å². The van der Waals surface area contributed by atoms with Crippen LogP contribution in [0.15, 0.2) is 18.2 Å². The number of hydrogen-bond acceptors (Lipinski definition) is 2. The minimum absolute atomic E-state index is 0.347. The van der Waals surface area contributed by atoms with E-state index in [0.29, 0.717) is 30.4 Å². The summed E-state index contributed by atoms with van der Waals surface area (Å²) in [4.78, 5) is 0. The van der Waals surface area contributed by atoms with Gasteiger partial charge in [-0.15, -0.1) is 0 Å². The van der Waals surface area contributed by atoms with Crippen molar-refractivity contribution in [1.82, 2.24) is 5.73 Å².